The number of hydrogen-bond acceptors (Lipinski definition) is 5. The zero-order valence-electron chi connectivity index (χ0n) is 18.7. The Hall–Kier alpha value is -1.27. The molecule has 0 aliphatic heterocycles. The lowest BCUT2D eigenvalue weighted by molar-refractivity contribution is 0.287. The van der Waals surface area contributed by atoms with Gasteiger partial charge in [-0.05, 0) is 58.7 Å². The smallest absolute Gasteiger partial charge is 0.211 e. The van der Waals surface area contributed by atoms with Crippen LogP contribution in [0.25, 0.3) is 0 Å². The number of guanidine groups is 1. The van der Waals surface area contributed by atoms with Crippen molar-refractivity contribution in [2.75, 3.05) is 38.6 Å². The molecule has 0 radical (unpaired) electrons. The van der Waals surface area contributed by atoms with Crippen LogP contribution in [0.4, 0.5) is 0 Å². The third-order valence-electron chi connectivity index (χ3n) is 4.07. The van der Waals surface area contributed by atoms with E-state index in [-0.39, 0.29) is 35.8 Å². The number of aliphatic imine (C=N–C) groups is 1. The van der Waals surface area contributed by atoms with Crippen LogP contribution >= 0.6 is 24.0 Å². The van der Waals surface area contributed by atoms with Crippen molar-refractivity contribution in [2.45, 2.75) is 47.1 Å². The van der Waals surface area contributed by atoms with E-state index in [0.29, 0.717) is 38.7 Å². The Morgan fingerprint density at radius 3 is 2.37 bits per heavy atom. The number of ether oxygens (including phenoxy) is 2. The topological polar surface area (TPSA) is 101 Å². The summed E-state index contributed by atoms with van der Waals surface area (Å²) < 4.78 is 36.8. The number of benzene rings is 1. The maximum atomic E-state index is 11.4. The van der Waals surface area contributed by atoms with Gasteiger partial charge < -0.3 is 20.1 Å². The average Bonchev–Trinajstić information content (AvgIpc) is 2.69. The number of rotatable bonds is 13. The first-order valence-electron chi connectivity index (χ1n) is 10.3. The van der Waals surface area contributed by atoms with Gasteiger partial charge in [-0.2, -0.15) is 0 Å². The second-order valence-corrected chi connectivity index (χ2v) is 8.45. The summed E-state index contributed by atoms with van der Waals surface area (Å²) in [7, 11) is -3.15. The summed E-state index contributed by atoms with van der Waals surface area (Å²) >= 11 is 0. The van der Waals surface area contributed by atoms with E-state index in [4.69, 9.17) is 9.47 Å². The molecule has 0 bridgehead atoms. The molecule has 0 aliphatic carbocycles. The second kappa shape index (κ2) is 15.5. The lowest BCUT2D eigenvalue weighted by atomic mass is 10.1. The highest BCUT2D eigenvalue weighted by molar-refractivity contribution is 14.0. The van der Waals surface area contributed by atoms with Gasteiger partial charge in [-0.25, -0.2) is 13.1 Å². The average molecular weight is 557 g/mol. The van der Waals surface area contributed by atoms with Crippen molar-refractivity contribution in [3.63, 3.8) is 0 Å². The summed E-state index contributed by atoms with van der Waals surface area (Å²) in [5.41, 5.74) is 1.05. The zero-order valence-corrected chi connectivity index (χ0v) is 21.8. The molecule has 0 aromatic heterocycles. The molecule has 30 heavy (non-hydrogen) atoms. The summed E-state index contributed by atoms with van der Waals surface area (Å²) in [6.07, 6.45) is 0.627. The quantitative estimate of drug-likeness (QED) is 0.150. The molecule has 1 aromatic carbocycles. The van der Waals surface area contributed by atoms with Gasteiger partial charge in [0.15, 0.2) is 17.5 Å². The molecule has 8 nitrogen and oxygen atoms in total. The lowest BCUT2D eigenvalue weighted by Gasteiger charge is -2.20. The van der Waals surface area contributed by atoms with Gasteiger partial charge in [-0.15, -0.1) is 24.0 Å². The Kier molecular flexibility index (Phi) is 14.9. The van der Waals surface area contributed by atoms with Crippen LogP contribution in [-0.2, 0) is 10.0 Å². The maximum Gasteiger partial charge on any atom is 0.211 e. The summed E-state index contributed by atoms with van der Waals surface area (Å²) in [6.45, 7) is 12.3. The highest BCUT2D eigenvalue weighted by Crippen LogP contribution is 2.30. The molecule has 1 aromatic rings. The van der Waals surface area contributed by atoms with Gasteiger partial charge in [0.1, 0.15) is 0 Å². The predicted octanol–water partition coefficient (Wildman–Crippen LogP) is 3.05. The van der Waals surface area contributed by atoms with Gasteiger partial charge in [-0.3, -0.25) is 4.99 Å². The molecule has 3 N–H and O–H groups in total. The first-order chi connectivity index (χ1) is 13.9. The minimum atomic E-state index is -3.15. The molecule has 174 valence electrons. The largest absolute Gasteiger partial charge is 0.490 e. The Morgan fingerprint density at radius 1 is 1.10 bits per heavy atom. The van der Waals surface area contributed by atoms with Crippen LogP contribution in [0.3, 0.4) is 0 Å². The van der Waals surface area contributed by atoms with Gasteiger partial charge in [-0.1, -0.05) is 6.07 Å². The first-order valence-corrected chi connectivity index (χ1v) is 11.9. The van der Waals surface area contributed by atoms with Gasteiger partial charge in [0.2, 0.25) is 10.0 Å². The van der Waals surface area contributed by atoms with Crippen LogP contribution in [0.5, 0.6) is 11.5 Å². The molecular weight excluding hydrogens is 519 g/mol. The Morgan fingerprint density at radius 2 is 1.77 bits per heavy atom. The highest BCUT2D eigenvalue weighted by Gasteiger charge is 2.12. The first kappa shape index (κ1) is 28.7. The monoisotopic (exact) mass is 556 g/mol. The van der Waals surface area contributed by atoms with Crippen molar-refractivity contribution >= 4 is 40.0 Å². The van der Waals surface area contributed by atoms with E-state index >= 15 is 0 Å². The molecule has 1 unspecified atom stereocenters. The summed E-state index contributed by atoms with van der Waals surface area (Å²) in [6, 6.07) is 5.91. The van der Waals surface area contributed by atoms with Crippen molar-refractivity contribution in [1.29, 1.82) is 0 Å². The van der Waals surface area contributed by atoms with Crippen molar-refractivity contribution in [2.24, 2.45) is 4.99 Å². The third-order valence-corrected chi connectivity index (χ3v) is 5.48. The number of nitrogens with zero attached hydrogens (tertiary/aromatic N) is 1. The third kappa shape index (κ3) is 10.7. The van der Waals surface area contributed by atoms with Crippen LogP contribution in [0.1, 0.15) is 52.6 Å². The van der Waals surface area contributed by atoms with Crippen molar-refractivity contribution in [3.05, 3.63) is 23.8 Å². The summed E-state index contributed by atoms with van der Waals surface area (Å²) in [5, 5.41) is 6.59. The standard InChI is InChI=1S/C20H36N4O4S.HI/c1-6-21-20(22-13-10-14-23-29(25,26)9-4)24-16(5)17-11-12-18(27-7-2)19(15-17)28-8-3;/h11-12,15-16,23H,6-10,13-14H2,1-5H3,(H2,21,22,24);1H. The predicted molar refractivity (Wildman–Crippen MR) is 134 cm³/mol. The van der Waals surface area contributed by atoms with Gasteiger partial charge in [0.25, 0.3) is 0 Å². The Balaban J connectivity index is 0.00000841. The lowest BCUT2D eigenvalue weighted by Crippen LogP contribution is -2.39. The van der Waals surface area contributed by atoms with E-state index in [2.05, 4.69) is 20.3 Å². The van der Waals surface area contributed by atoms with E-state index in [9.17, 15) is 8.42 Å². The van der Waals surface area contributed by atoms with E-state index in [1.807, 2.05) is 45.9 Å². The van der Waals surface area contributed by atoms with E-state index in [1.165, 1.54) is 0 Å². The fourth-order valence-electron chi connectivity index (χ4n) is 2.55. The number of nitrogens with one attached hydrogen (secondary N) is 3. The number of sulfonamides is 1. The second-order valence-electron chi connectivity index (χ2n) is 6.35. The van der Waals surface area contributed by atoms with E-state index in [1.54, 1.807) is 6.92 Å². The van der Waals surface area contributed by atoms with Crippen LogP contribution < -0.4 is 24.8 Å². The molecule has 0 spiro atoms. The molecule has 0 aliphatic rings. The normalized spacial score (nSPS) is 12.6. The number of hydrogen-bond donors (Lipinski definition) is 3. The van der Waals surface area contributed by atoms with Gasteiger partial charge in [0, 0.05) is 19.6 Å². The van der Waals surface area contributed by atoms with Gasteiger partial charge >= 0.3 is 0 Å². The SMILES string of the molecule is CCNC(=NCCCNS(=O)(=O)CC)NC(C)c1ccc(OCC)c(OCC)c1.I. The molecule has 0 saturated heterocycles. The van der Waals surface area contributed by atoms with Gasteiger partial charge in [0.05, 0.1) is 25.0 Å². The molecule has 1 rings (SSSR count). The maximum absolute atomic E-state index is 11.4. The zero-order chi connectivity index (χ0) is 21.7. The molecule has 0 saturated carbocycles. The van der Waals surface area contributed by atoms with E-state index in [0.717, 1.165) is 23.6 Å². The molecule has 0 heterocycles. The Labute approximate surface area is 198 Å². The summed E-state index contributed by atoms with van der Waals surface area (Å²) in [4.78, 5) is 4.53. The van der Waals surface area contributed by atoms with Crippen LogP contribution in [0.2, 0.25) is 0 Å². The van der Waals surface area contributed by atoms with Crippen LogP contribution in [0, 0.1) is 0 Å². The molecule has 0 fully saturated rings. The minimum absolute atomic E-state index is 0. The molecule has 1 atom stereocenters. The van der Waals surface area contributed by atoms with Crippen LogP contribution in [-0.4, -0.2) is 53.0 Å². The van der Waals surface area contributed by atoms with E-state index < -0.39 is 10.0 Å². The van der Waals surface area contributed by atoms with Crippen molar-refractivity contribution in [3.8, 4) is 11.5 Å². The fourth-order valence-corrected chi connectivity index (χ4v) is 3.20. The highest BCUT2D eigenvalue weighted by atomic mass is 127. The minimum Gasteiger partial charge on any atom is -0.490 e. The number of halogens is 1. The van der Waals surface area contributed by atoms with Crippen molar-refractivity contribution < 1.29 is 17.9 Å². The Bertz CT molecular complexity index is 744. The van der Waals surface area contributed by atoms with Crippen molar-refractivity contribution in [1.82, 2.24) is 15.4 Å². The molecule has 0 amide bonds. The summed E-state index contributed by atoms with van der Waals surface area (Å²) in [5.74, 6) is 2.24. The molecule has 10 heteroatoms. The molecular formula is C20H37IN4O4S. The fraction of sp³-hybridized carbons (Fsp3) is 0.650. The van der Waals surface area contributed by atoms with Crippen LogP contribution in [0.15, 0.2) is 23.2 Å².